The molecule has 1 atom stereocenters. The Bertz CT molecular complexity index is 1000. The van der Waals surface area contributed by atoms with Gasteiger partial charge in [0, 0.05) is 48.6 Å². The Morgan fingerprint density at radius 3 is 3.00 bits per heavy atom. The third kappa shape index (κ3) is 2.63. The zero-order chi connectivity index (χ0) is 17.7. The van der Waals surface area contributed by atoms with Crippen molar-refractivity contribution in [2.75, 3.05) is 6.61 Å². The van der Waals surface area contributed by atoms with Gasteiger partial charge in [-0.25, -0.2) is 0 Å². The topological polar surface area (TPSA) is 57.0 Å². The van der Waals surface area contributed by atoms with Crippen LogP contribution < -0.4 is 0 Å². The molecule has 5 heteroatoms. The Balaban J connectivity index is 1.55. The third-order valence-electron chi connectivity index (χ3n) is 5.64. The largest absolute Gasteiger partial charge is 0.376 e. The van der Waals surface area contributed by atoms with Crippen LogP contribution in [-0.4, -0.2) is 27.2 Å². The van der Waals surface area contributed by atoms with E-state index in [2.05, 4.69) is 28.3 Å². The molecule has 0 bridgehead atoms. The number of carbonyl (C=O) groups is 1. The summed E-state index contributed by atoms with van der Waals surface area (Å²) in [4.78, 5) is 16.8. The highest BCUT2D eigenvalue weighted by molar-refractivity contribution is 5.86. The van der Waals surface area contributed by atoms with E-state index in [1.165, 1.54) is 11.1 Å². The first-order valence-corrected chi connectivity index (χ1v) is 9.20. The third-order valence-corrected chi connectivity index (χ3v) is 5.64. The number of Topliss-reactive ketones (excluding diaryl/α,β-unsaturated/α-hetero) is 1. The molecule has 0 N–H and O–H groups in total. The lowest BCUT2D eigenvalue weighted by atomic mass is 9.86. The van der Waals surface area contributed by atoms with Crippen molar-refractivity contribution in [2.45, 2.75) is 31.8 Å². The van der Waals surface area contributed by atoms with Crippen molar-refractivity contribution in [3.63, 3.8) is 0 Å². The summed E-state index contributed by atoms with van der Waals surface area (Å²) in [6, 6.07) is 6.35. The molecular weight excluding hydrogens is 326 g/mol. The SMILES string of the molecule is Cn1ncc2ccc(-c3cncc4c3COCC4CC(=O)C3CC3)cc21. The Kier molecular flexibility index (Phi) is 3.64. The molecular formula is C21H21N3O2. The number of ketones is 1. The van der Waals surface area contributed by atoms with Gasteiger partial charge in [0.2, 0.25) is 0 Å². The van der Waals surface area contributed by atoms with Crippen molar-refractivity contribution in [3.8, 4) is 11.1 Å². The number of ether oxygens (including phenoxy) is 1. The van der Waals surface area contributed by atoms with Crippen molar-refractivity contribution in [2.24, 2.45) is 13.0 Å². The van der Waals surface area contributed by atoms with E-state index in [4.69, 9.17) is 4.74 Å². The summed E-state index contributed by atoms with van der Waals surface area (Å²) in [5, 5.41) is 5.45. The molecule has 132 valence electrons. The molecule has 1 aromatic carbocycles. The number of fused-ring (bicyclic) bond motifs is 2. The highest BCUT2D eigenvalue weighted by atomic mass is 16.5. The monoisotopic (exact) mass is 347 g/mol. The molecule has 1 aliphatic heterocycles. The van der Waals surface area contributed by atoms with E-state index in [1.54, 1.807) is 0 Å². The number of carbonyl (C=O) groups excluding carboxylic acids is 1. The number of nitrogens with zero attached hydrogens (tertiary/aromatic N) is 3. The quantitative estimate of drug-likeness (QED) is 0.723. The Hall–Kier alpha value is -2.53. The molecule has 3 aromatic rings. The van der Waals surface area contributed by atoms with Gasteiger partial charge in [0.15, 0.2) is 0 Å². The average molecular weight is 347 g/mol. The maximum absolute atomic E-state index is 12.3. The number of aromatic nitrogens is 3. The molecule has 5 rings (SSSR count). The normalized spacial score (nSPS) is 19.5. The lowest BCUT2D eigenvalue weighted by Crippen LogP contribution is -2.21. The molecule has 1 saturated carbocycles. The number of hydrogen-bond donors (Lipinski definition) is 0. The van der Waals surface area contributed by atoms with Crippen molar-refractivity contribution in [1.82, 2.24) is 14.8 Å². The molecule has 26 heavy (non-hydrogen) atoms. The van der Waals surface area contributed by atoms with Crippen LogP contribution in [0.2, 0.25) is 0 Å². The summed E-state index contributed by atoms with van der Waals surface area (Å²) in [5.41, 5.74) is 5.64. The first-order valence-electron chi connectivity index (χ1n) is 9.20. The number of hydrogen-bond acceptors (Lipinski definition) is 4. The zero-order valence-electron chi connectivity index (χ0n) is 14.8. The van der Waals surface area contributed by atoms with Gasteiger partial charge < -0.3 is 4.74 Å². The van der Waals surface area contributed by atoms with Gasteiger partial charge in [0.05, 0.1) is 24.9 Å². The number of rotatable bonds is 4. The fourth-order valence-electron chi connectivity index (χ4n) is 3.95. The summed E-state index contributed by atoms with van der Waals surface area (Å²) in [6.45, 7) is 1.18. The van der Waals surface area contributed by atoms with Crippen LogP contribution in [-0.2, 0) is 23.2 Å². The highest BCUT2D eigenvalue weighted by Crippen LogP contribution is 2.38. The van der Waals surface area contributed by atoms with Crippen LogP contribution >= 0.6 is 0 Å². The van der Waals surface area contributed by atoms with Crippen molar-refractivity contribution >= 4 is 16.7 Å². The van der Waals surface area contributed by atoms with Crippen molar-refractivity contribution in [3.05, 3.63) is 47.9 Å². The van der Waals surface area contributed by atoms with E-state index in [1.807, 2.05) is 30.3 Å². The standard InChI is InChI=1S/C21H21N3O2/c1-24-20-6-14(4-5-15(20)8-23-24)17-9-22-10-18-16(11-26-12-19(17)18)7-21(25)13-2-3-13/h4-6,8-10,13,16H,2-3,7,11-12H2,1H3. The van der Waals surface area contributed by atoms with Gasteiger partial charge in [-0.1, -0.05) is 12.1 Å². The van der Waals surface area contributed by atoms with Crippen LogP contribution in [0.15, 0.2) is 36.8 Å². The van der Waals surface area contributed by atoms with E-state index < -0.39 is 0 Å². The fraction of sp³-hybridized carbons (Fsp3) is 0.381. The molecule has 3 heterocycles. The van der Waals surface area contributed by atoms with Gasteiger partial charge in [-0.2, -0.15) is 5.10 Å². The van der Waals surface area contributed by atoms with Crippen LogP contribution in [0.25, 0.3) is 22.0 Å². The van der Waals surface area contributed by atoms with Crippen LogP contribution in [0.4, 0.5) is 0 Å². The molecule has 1 fully saturated rings. The van der Waals surface area contributed by atoms with Crippen LogP contribution in [0.3, 0.4) is 0 Å². The number of benzene rings is 1. The summed E-state index contributed by atoms with van der Waals surface area (Å²) in [7, 11) is 1.95. The first-order chi connectivity index (χ1) is 12.7. The molecule has 5 nitrogen and oxygen atoms in total. The lowest BCUT2D eigenvalue weighted by molar-refractivity contribution is -0.121. The molecule has 0 radical (unpaired) electrons. The van der Waals surface area contributed by atoms with Gasteiger partial charge >= 0.3 is 0 Å². The minimum absolute atomic E-state index is 0.125. The van der Waals surface area contributed by atoms with E-state index in [0.29, 0.717) is 31.3 Å². The minimum Gasteiger partial charge on any atom is -0.376 e. The van der Waals surface area contributed by atoms with Crippen LogP contribution in [0.5, 0.6) is 0 Å². The molecule has 0 saturated heterocycles. The molecule has 1 aliphatic carbocycles. The summed E-state index contributed by atoms with van der Waals surface area (Å²) < 4.78 is 7.75. The van der Waals surface area contributed by atoms with Crippen LogP contribution in [0.1, 0.15) is 36.3 Å². The van der Waals surface area contributed by atoms with Gasteiger partial charge in [-0.05, 0) is 35.6 Å². The highest BCUT2D eigenvalue weighted by Gasteiger charge is 2.33. The molecule has 2 aliphatic rings. The van der Waals surface area contributed by atoms with Gasteiger partial charge in [-0.3, -0.25) is 14.5 Å². The Morgan fingerprint density at radius 1 is 1.27 bits per heavy atom. The average Bonchev–Trinajstić information content (AvgIpc) is 3.46. The predicted molar refractivity (Wildman–Crippen MR) is 98.7 cm³/mol. The molecule has 0 amide bonds. The van der Waals surface area contributed by atoms with Crippen molar-refractivity contribution < 1.29 is 9.53 Å². The Morgan fingerprint density at radius 2 is 2.15 bits per heavy atom. The minimum atomic E-state index is 0.125. The van der Waals surface area contributed by atoms with E-state index in [9.17, 15) is 4.79 Å². The molecule has 1 unspecified atom stereocenters. The van der Waals surface area contributed by atoms with Gasteiger partial charge in [-0.15, -0.1) is 0 Å². The number of pyridine rings is 1. The first kappa shape index (κ1) is 15.7. The second-order valence-electron chi connectivity index (χ2n) is 7.45. The second kappa shape index (κ2) is 6.02. The van der Waals surface area contributed by atoms with E-state index in [0.717, 1.165) is 34.9 Å². The van der Waals surface area contributed by atoms with Gasteiger partial charge in [0.25, 0.3) is 0 Å². The smallest absolute Gasteiger partial charge is 0.136 e. The van der Waals surface area contributed by atoms with Crippen LogP contribution in [0, 0.1) is 5.92 Å². The summed E-state index contributed by atoms with van der Waals surface area (Å²) in [5.74, 6) is 0.802. The maximum Gasteiger partial charge on any atom is 0.136 e. The fourth-order valence-corrected chi connectivity index (χ4v) is 3.95. The van der Waals surface area contributed by atoms with Gasteiger partial charge in [0.1, 0.15) is 5.78 Å². The second-order valence-corrected chi connectivity index (χ2v) is 7.45. The van der Waals surface area contributed by atoms with E-state index in [-0.39, 0.29) is 5.92 Å². The summed E-state index contributed by atoms with van der Waals surface area (Å²) >= 11 is 0. The maximum atomic E-state index is 12.3. The number of aryl methyl sites for hydroxylation is 1. The predicted octanol–water partition coefficient (Wildman–Crippen LogP) is 3.62. The Labute approximate surface area is 152 Å². The molecule has 0 spiro atoms. The zero-order valence-corrected chi connectivity index (χ0v) is 14.8. The summed E-state index contributed by atoms with van der Waals surface area (Å²) in [6.07, 6.45) is 8.40. The molecule has 2 aromatic heterocycles. The lowest BCUT2D eigenvalue weighted by Gasteiger charge is -2.27. The van der Waals surface area contributed by atoms with E-state index >= 15 is 0 Å². The van der Waals surface area contributed by atoms with Crippen molar-refractivity contribution in [1.29, 1.82) is 0 Å².